The van der Waals surface area contributed by atoms with Gasteiger partial charge in [-0.1, -0.05) is 6.42 Å². The van der Waals surface area contributed by atoms with Crippen LogP contribution in [0.25, 0.3) is 0 Å². The normalized spacial score (nSPS) is 16.8. The van der Waals surface area contributed by atoms with E-state index in [1.54, 1.807) is 0 Å². The molecule has 2 aromatic heterocycles. The van der Waals surface area contributed by atoms with E-state index in [1.807, 2.05) is 26.0 Å². The molecule has 0 radical (unpaired) electrons. The molecule has 2 aliphatic carbocycles. The number of Topliss-reactive ketones (excluding diaryl/α,β-unsaturated/α-hetero) is 1. The number of aryl methyl sites for hydroxylation is 3. The van der Waals surface area contributed by atoms with E-state index in [0.717, 1.165) is 24.2 Å². The molecule has 0 N–H and O–H groups in total. The number of rotatable bonds is 5. The minimum atomic E-state index is -0.368. The van der Waals surface area contributed by atoms with Gasteiger partial charge in [-0.05, 0) is 70.1 Å². The highest BCUT2D eigenvalue weighted by Crippen LogP contribution is 2.38. The second-order valence-electron chi connectivity index (χ2n) is 7.51. The highest BCUT2D eigenvalue weighted by atomic mass is 32.1. The molecule has 1 saturated carbocycles. The van der Waals surface area contributed by atoms with Gasteiger partial charge < -0.3 is 9.30 Å². The van der Waals surface area contributed by atoms with Crippen LogP contribution in [0.3, 0.4) is 0 Å². The largest absolute Gasteiger partial charge is 0.453 e. The number of carbonyl (C=O) groups excluding carboxylic acids is 2. The Morgan fingerprint density at radius 2 is 1.92 bits per heavy atom. The Kier molecular flexibility index (Phi) is 4.74. The summed E-state index contributed by atoms with van der Waals surface area (Å²) >= 11 is 1.54. The number of thiophene rings is 1. The van der Waals surface area contributed by atoms with Crippen molar-refractivity contribution in [2.24, 2.45) is 0 Å². The van der Waals surface area contributed by atoms with Crippen molar-refractivity contribution < 1.29 is 14.3 Å². The van der Waals surface area contributed by atoms with Crippen molar-refractivity contribution in [2.45, 2.75) is 64.8 Å². The van der Waals surface area contributed by atoms with Crippen LogP contribution in [-0.4, -0.2) is 22.9 Å². The van der Waals surface area contributed by atoms with Crippen molar-refractivity contribution in [3.63, 3.8) is 0 Å². The molecule has 0 spiro atoms. The van der Waals surface area contributed by atoms with E-state index in [-0.39, 0.29) is 18.4 Å². The minimum Gasteiger partial charge on any atom is -0.453 e. The number of ether oxygens (including phenoxy) is 1. The van der Waals surface area contributed by atoms with E-state index >= 15 is 0 Å². The number of hydrogen-bond acceptors (Lipinski definition) is 4. The molecule has 2 heterocycles. The van der Waals surface area contributed by atoms with E-state index in [0.29, 0.717) is 16.5 Å². The molecule has 2 aliphatic rings. The SMILES string of the molecule is Cc1cc(C(=O)COC(=O)c2cc3c(s2)CCCCC3)c(C)n1C1CC1. The van der Waals surface area contributed by atoms with Gasteiger partial charge in [-0.25, -0.2) is 4.79 Å². The minimum absolute atomic E-state index is 0.114. The van der Waals surface area contributed by atoms with Gasteiger partial charge in [0.25, 0.3) is 0 Å². The highest BCUT2D eigenvalue weighted by molar-refractivity contribution is 7.14. The first-order valence-corrected chi connectivity index (χ1v) is 10.4. The summed E-state index contributed by atoms with van der Waals surface area (Å²) in [5, 5.41) is 0. The van der Waals surface area contributed by atoms with Crippen LogP contribution < -0.4 is 0 Å². The van der Waals surface area contributed by atoms with Gasteiger partial charge in [0.1, 0.15) is 4.88 Å². The summed E-state index contributed by atoms with van der Waals surface area (Å²) < 4.78 is 7.59. The zero-order chi connectivity index (χ0) is 18.3. The zero-order valence-electron chi connectivity index (χ0n) is 15.5. The molecule has 26 heavy (non-hydrogen) atoms. The fraction of sp³-hybridized carbons (Fsp3) is 0.524. The lowest BCUT2D eigenvalue weighted by Gasteiger charge is -2.07. The molecule has 0 amide bonds. The topological polar surface area (TPSA) is 48.3 Å². The summed E-state index contributed by atoms with van der Waals surface area (Å²) in [5.74, 6) is -0.483. The van der Waals surface area contributed by atoms with Gasteiger partial charge in [0.15, 0.2) is 6.61 Å². The van der Waals surface area contributed by atoms with Crippen molar-refractivity contribution in [3.05, 3.63) is 44.4 Å². The van der Waals surface area contributed by atoms with Gasteiger partial charge in [-0.3, -0.25) is 4.79 Å². The van der Waals surface area contributed by atoms with Crippen molar-refractivity contribution in [1.82, 2.24) is 4.57 Å². The quantitative estimate of drug-likeness (QED) is 0.430. The third kappa shape index (κ3) is 3.37. The van der Waals surface area contributed by atoms with Crippen LogP contribution in [-0.2, 0) is 17.6 Å². The van der Waals surface area contributed by atoms with Gasteiger partial charge in [-0.15, -0.1) is 11.3 Å². The molecule has 0 unspecified atom stereocenters. The summed E-state index contributed by atoms with van der Waals surface area (Å²) in [6, 6.07) is 4.44. The van der Waals surface area contributed by atoms with Gasteiger partial charge in [-0.2, -0.15) is 0 Å². The number of nitrogens with zero attached hydrogens (tertiary/aromatic N) is 1. The Morgan fingerprint density at radius 1 is 1.15 bits per heavy atom. The standard InChI is InChI=1S/C21H25NO3S/c1-13-10-17(14(2)22(13)16-8-9-16)18(23)12-25-21(24)20-11-15-6-4-3-5-7-19(15)26-20/h10-11,16H,3-9,12H2,1-2H3. The number of carbonyl (C=O) groups is 2. The third-order valence-corrected chi connectivity index (χ3v) is 6.70. The second kappa shape index (κ2) is 7.03. The zero-order valence-corrected chi connectivity index (χ0v) is 16.3. The smallest absolute Gasteiger partial charge is 0.348 e. The van der Waals surface area contributed by atoms with E-state index in [4.69, 9.17) is 4.74 Å². The Bertz CT molecular complexity index is 833. The summed E-state index contributed by atoms with van der Waals surface area (Å²) in [5.41, 5.74) is 4.08. The van der Waals surface area contributed by atoms with Gasteiger partial charge >= 0.3 is 5.97 Å². The van der Waals surface area contributed by atoms with Crippen LogP contribution in [0.15, 0.2) is 12.1 Å². The molecule has 1 fully saturated rings. The molecule has 2 aromatic rings. The van der Waals surface area contributed by atoms with E-state index in [1.165, 1.54) is 53.9 Å². The van der Waals surface area contributed by atoms with Gasteiger partial charge in [0.05, 0.1) is 0 Å². The maximum absolute atomic E-state index is 12.6. The predicted octanol–water partition coefficient (Wildman–Crippen LogP) is 4.81. The van der Waals surface area contributed by atoms with Crippen LogP contribution in [0.5, 0.6) is 0 Å². The Balaban J connectivity index is 1.41. The van der Waals surface area contributed by atoms with Crippen molar-refractivity contribution in [1.29, 1.82) is 0 Å². The lowest BCUT2D eigenvalue weighted by atomic mass is 10.1. The molecule has 0 aromatic carbocycles. The lowest BCUT2D eigenvalue weighted by Crippen LogP contribution is -2.14. The lowest BCUT2D eigenvalue weighted by molar-refractivity contribution is 0.0479. The number of hydrogen-bond donors (Lipinski definition) is 0. The van der Waals surface area contributed by atoms with E-state index < -0.39 is 0 Å². The Hall–Kier alpha value is -1.88. The molecule has 5 heteroatoms. The van der Waals surface area contributed by atoms with E-state index in [9.17, 15) is 9.59 Å². The first-order chi connectivity index (χ1) is 12.5. The molecule has 0 bridgehead atoms. The molecular formula is C21H25NO3S. The molecule has 0 saturated heterocycles. The summed E-state index contributed by atoms with van der Waals surface area (Å²) in [6.07, 6.45) is 8.11. The average Bonchev–Trinajstić information content (AvgIpc) is 3.35. The number of esters is 1. The molecule has 4 rings (SSSR count). The fourth-order valence-electron chi connectivity index (χ4n) is 4.00. The van der Waals surface area contributed by atoms with Crippen LogP contribution in [0.2, 0.25) is 0 Å². The van der Waals surface area contributed by atoms with Gasteiger partial charge in [0, 0.05) is 27.9 Å². The molecule has 4 nitrogen and oxygen atoms in total. The molecule has 0 aliphatic heterocycles. The van der Waals surface area contributed by atoms with Crippen LogP contribution in [0, 0.1) is 13.8 Å². The predicted molar refractivity (Wildman–Crippen MR) is 102 cm³/mol. The number of ketones is 1. The maximum atomic E-state index is 12.6. The maximum Gasteiger partial charge on any atom is 0.348 e. The summed E-state index contributed by atoms with van der Waals surface area (Å²) in [6.45, 7) is 3.83. The first kappa shape index (κ1) is 17.5. The number of aromatic nitrogens is 1. The van der Waals surface area contributed by atoms with Crippen LogP contribution in [0.4, 0.5) is 0 Å². The van der Waals surface area contributed by atoms with Crippen LogP contribution in [0.1, 0.15) is 80.0 Å². The summed E-state index contributed by atoms with van der Waals surface area (Å²) in [4.78, 5) is 26.9. The van der Waals surface area contributed by atoms with Crippen LogP contribution >= 0.6 is 11.3 Å². The monoisotopic (exact) mass is 371 g/mol. The third-order valence-electron chi connectivity index (χ3n) is 5.48. The fourth-order valence-corrected chi connectivity index (χ4v) is 5.15. The van der Waals surface area contributed by atoms with Gasteiger partial charge in [0.2, 0.25) is 5.78 Å². The Labute approximate surface area is 158 Å². The molecule has 0 atom stereocenters. The molecule has 138 valence electrons. The van der Waals surface area contributed by atoms with Crippen molar-refractivity contribution in [3.8, 4) is 0 Å². The van der Waals surface area contributed by atoms with E-state index in [2.05, 4.69) is 4.57 Å². The summed E-state index contributed by atoms with van der Waals surface area (Å²) in [7, 11) is 0. The molecular weight excluding hydrogens is 346 g/mol. The van der Waals surface area contributed by atoms with Crippen molar-refractivity contribution in [2.75, 3.05) is 6.61 Å². The highest BCUT2D eigenvalue weighted by Gasteiger charge is 2.28. The second-order valence-corrected chi connectivity index (χ2v) is 8.64. The van der Waals surface area contributed by atoms with Crippen molar-refractivity contribution >= 4 is 23.1 Å². The number of fused-ring (bicyclic) bond motifs is 1. The average molecular weight is 372 g/mol. The Morgan fingerprint density at radius 3 is 2.69 bits per heavy atom. The first-order valence-electron chi connectivity index (χ1n) is 9.55.